The van der Waals surface area contributed by atoms with Crippen molar-refractivity contribution in [3.8, 4) is 11.4 Å². The maximum atomic E-state index is 13.4. The van der Waals surface area contributed by atoms with Gasteiger partial charge in [0.1, 0.15) is 16.9 Å². The number of esters is 1. The molecule has 1 amide bonds. The number of carbonyl (C=O) groups is 2. The van der Waals surface area contributed by atoms with Gasteiger partial charge in [0.15, 0.2) is 5.69 Å². The molecule has 0 bridgehead atoms. The van der Waals surface area contributed by atoms with E-state index >= 15 is 0 Å². The van der Waals surface area contributed by atoms with Crippen LogP contribution in [0.4, 0.5) is 5.00 Å². The Bertz CT molecular complexity index is 1200. The van der Waals surface area contributed by atoms with Crippen LogP contribution in [0.15, 0.2) is 34.4 Å². The molecule has 1 N–H and O–H groups in total. The highest BCUT2D eigenvalue weighted by molar-refractivity contribution is 7.16. The predicted octanol–water partition coefficient (Wildman–Crippen LogP) is 2.75. The van der Waals surface area contributed by atoms with E-state index in [9.17, 15) is 14.4 Å². The number of anilines is 1. The second kappa shape index (κ2) is 8.86. The molecular formula is C21H21N3O6S. The quantitative estimate of drug-likeness (QED) is 0.584. The third-order valence-corrected chi connectivity index (χ3v) is 5.77. The van der Waals surface area contributed by atoms with Gasteiger partial charge in [0.2, 0.25) is 0 Å². The van der Waals surface area contributed by atoms with Crippen LogP contribution in [-0.2, 0) is 14.3 Å². The molecule has 1 aliphatic heterocycles. The van der Waals surface area contributed by atoms with Crippen molar-refractivity contribution < 1.29 is 23.8 Å². The van der Waals surface area contributed by atoms with Crippen LogP contribution in [0.2, 0.25) is 0 Å². The molecule has 0 aliphatic carbocycles. The number of fused-ring (bicyclic) bond motifs is 1. The third kappa shape index (κ3) is 4.04. The lowest BCUT2D eigenvalue weighted by atomic mass is 10.2. The lowest BCUT2D eigenvalue weighted by Crippen LogP contribution is -2.28. The van der Waals surface area contributed by atoms with Crippen LogP contribution in [0, 0.1) is 0 Å². The molecule has 162 valence electrons. The van der Waals surface area contributed by atoms with Gasteiger partial charge in [-0.15, -0.1) is 11.3 Å². The van der Waals surface area contributed by atoms with Crippen molar-refractivity contribution in [2.24, 2.45) is 0 Å². The number of thiophene rings is 1. The Hall–Kier alpha value is -3.24. The summed E-state index contributed by atoms with van der Waals surface area (Å²) in [4.78, 5) is 38.5. The first-order chi connectivity index (χ1) is 15.0. The fourth-order valence-corrected chi connectivity index (χ4v) is 4.33. The zero-order chi connectivity index (χ0) is 22.0. The van der Waals surface area contributed by atoms with Crippen LogP contribution in [0.5, 0.6) is 5.75 Å². The first-order valence-corrected chi connectivity index (χ1v) is 10.7. The molecule has 0 saturated carbocycles. The van der Waals surface area contributed by atoms with E-state index in [1.165, 1.54) is 7.11 Å². The molecule has 3 heterocycles. The molecule has 4 rings (SSSR count). The molecule has 10 heteroatoms. The number of hydrogen-bond acceptors (Lipinski definition) is 8. The Labute approximate surface area is 181 Å². The number of amides is 1. The SMILES string of the molecule is CCOC(=O)c1nn(-c2cccc(OC)c2)c(=O)c2c(NC(=O)C3CCCO3)scc12. The predicted molar refractivity (Wildman–Crippen MR) is 115 cm³/mol. The van der Waals surface area contributed by atoms with Crippen LogP contribution in [-0.4, -0.2) is 48.1 Å². The van der Waals surface area contributed by atoms with Gasteiger partial charge in [-0.05, 0) is 31.9 Å². The van der Waals surface area contributed by atoms with Gasteiger partial charge in [0.05, 0.1) is 24.8 Å². The second-order valence-corrected chi connectivity index (χ2v) is 7.71. The zero-order valence-electron chi connectivity index (χ0n) is 17.0. The van der Waals surface area contributed by atoms with Crippen molar-refractivity contribution in [1.29, 1.82) is 0 Å². The standard InChI is InChI=1S/C21H21N3O6S/c1-3-29-21(27)17-14-11-31-19(22-18(25)15-8-5-9-30-15)16(14)20(26)24(23-17)12-6-4-7-13(10-12)28-2/h4,6-7,10-11,15H,3,5,8-9H2,1-2H3,(H,22,25). The zero-order valence-corrected chi connectivity index (χ0v) is 17.9. The van der Waals surface area contributed by atoms with Crippen LogP contribution < -0.4 is 15.6 Å². The van der Waals surface area contributed by atoms with Crippen molar-refractivity contribution in [2.45, 2.75) is 25.9 Å². The summed E-state index contributed by atoms with van der Waals surface area (Å²) in [5.41, 5.74) is -0.0623. The maximum Gasteiger partial charge on any atom is 0.359 e. The highest BCUT2D eigenvalue weighted by Crippen LogP contribution is 2.31. The molecule has 1 atom stereocenters. The van der Waals surface area contributed by atoms with E-state index in [2.05, 4.69) is 10.4 Å². The van der Waals surface area contributed by atoms with Gasteiger partial charge in [0, 0.05) is 23.4 Å². The number of nitrogens with one attached hydrogen (secondary N) is 1. The Morgan fingerprint density at radius 2 is 2.23 bits per heavy atom. The Morgan fingerprint density at radius 1 is 1.39 bits per heavy atom. The molecule has 1 aromatic carbocycles. The summed E-state index contributed by atoms with van der Waals surface area (Å²) in [6.07, 6.45) is 0.880. The molecule has 1 saturated heterocycles. The molecule has 31 heavy (non-hydrogen) atoms. The number of rotatable bonds is 6. The van der Waals surface area contributed by atoms with E-state index in [1.54, 1.807) is 36.6 Å². The lowest BCUT2D eigenvalue weighted by molar-refractivity contribution is -0.124. The average molecular weight is 443 g/mol. The fraction of sp³-hybridized carbons (Fsp3) is 0.333. The average Bonchev–Trinajstić information content (AvgIpc) is 3.45. The summed E-state index contributed by atoms with van der Waals surface area (Å²) in [6, 6.07) is 6.75. The van der Waals surface area contributed by atoms with Gasteiger partial charge < -0.3 is 19.5 Å². The molecule has 1 aliphatic rings. The van der Waals surface area contributed by atoms with E-state index in [0.29, 0.717) is 34.9 Å². The van der Waals surface area contributed by atoms with Crippen LogP contribution >= 0.6 is 11.3 Å². The maximum absolute atomic E-state index is 13.4. The molecule has 0 spiro atoms. The van der Waals surface area contributed by atoms with Crippen LogP contribution in [0.1, 0.15) is 30.3 Å². The van der Waals surface area contributed by atoms with E-state index < -0.39 is 17.6 Å². The number of carbonyl (C=O) groups excluding carboxylic acids is 2. The first-order valence-electron chi connectivity index (χ1n) is 9.82. The van der Waals surface area contributed by atoms with Crippen LogP contribution in [0.25, 0.3) is 16.5 Å². The summed E-state index contributed by atoms with van der Waals surface area (Å²) in [5, 5.41) is 9.54. The van der Waals surface area contributed by atoms with Gasteiger partial charge in [-0.1, -0.05) is 6.07 Å². The minimum absolute atomic E-state index is 0.00636. The van der Waals surface area contributed by atoms with Crippen molar-refractivity contribution >= 4 is 39.0 Å². The largest absolute Gasteiger partial charge is 0.497 e. The van der Waals surface area contributed by atoms with Gasteiger partial charge in [-0.3, -0.25) is 9.59 Å². The topological polar surface area (TPSA) is 109 Å². The number of benzene rings is 1. The third-order valence-electron chi connectivity index (χ3n) is 4.88. The number of aromatic nitrogens is 2. The van der Waals surface area contributed by atoms with E-state index in [1.807, 2.05) is 0 Å². The Morgan fingerprint density at radius 3 is 2.94 bits per heavy atom. The first kappa shape index (κ1) is 21.0. The normalized spacial score (nSPS) is 15.7. The molecule has 0 radical (unpaired) electrons. The van der Waals surface area contributed by atoms with E-state index in [-0.39, 0.29) is 23.6 Å². The Balaban J connectivity index is 1.87. The molecular weight excluding hydrogens is 422 g/mol. The van der Waals surface area contributed by atoms with Gasteiger partial charge in [0.25, 0.3) is 11.5 Å². The number of methoxy groups -OCH3 is 1. The van der Waals surface area contributed by atoms with Crippen molar-refractivity contribution in [3.05, 3.63) is 45.7 Å². The summed E-state index contributed by atoms with van der Waals surface area (Å²) < 4.78 is 16.9. The highest BCUT2D eigenvalue weighted by Gasteiger charge is 2.27. The number of hydrogen-bond donors (Lipinski definition) is 1. The molecule has 2 aromatic heterocycles. The van der Waals surface area contributed by atoms with Crippen molar-refractivity contribution in [1.82, 2.24) is 9.78 Å². The number of ether oxygens (including phenoxy) is 3. The van der Waals surface area contributed by atoms with Crippen molar-refractivity contribution in [3.63, 3.8) is 0 Å². The fourth-order valence-electron chi connectivity index (χ4n) is 3.39. The van der Waals surface area contributed by atoms with Gasteiger partial charge in [-0.2, -0.15) is 9.78 Å². The van der Waals surface area contributed by atoms with Crippen LogP contribution in [0.3, 0.4) is 0 Å². The summed E-state index contributed by atoms with van der Waals surface area (Å²) in [7, 11) is 1.51. The lowest BCUT2D eigenvalue weighted by Gasteiger charge is -2.12. The van der Waals surface area contributed by atoms with E-state index in [0.717, 1.165) is 22.4 Å². The van der Waals surface area contributed by atoms with E-state index in [4.69, 9.17) is 14.2 Å². The molecule has 1 fully saturated rings. The van der Waals surface area contributed by atoms with Gasteiger partial charge >= 0.3 is 5.97 Å². The van der Waals surface area contributed by atoms with Gasteiger partial charge in [-0.25, -0.2) is 4.79 Å². The number of nitrogens with zero attached hydrogens (tertiary/aromatic N) is 2. The molecule has 9 nitrogen and oxygen atoms in total. The second-order valence-electron chi connectivity index (χ2n) is 6.83. The summed E-state index contributed by atoms with van der Waals surface area (Å²) in [5.74, 6) is -0.441. The summed E-state index contributed by atoms with van der Waals surface area (Å²) >= 11 is 1.15. The summed E-state index contributed by atoms with van der Waals surface area (Å²) in [6.45, 7) is 2.38. The molecule has 1 unspecified atom stereocenters. The Kier molecular flexibility index (Phi) is 6.01. The molecule has 3 aromatic rings. The van der Waals surface area contributed by atoms with Crippen molar-refractivity contribution in [2.75, 3.05) is 25.6 Å². The monoisotopic (exact) mass is 443 g/mol. The minimum atomic E-state index is -0.654. The highest BCUT2D eigenvalue weighted by atomic mass is 32.1. The minimum Gasteiger partial charge on any atom is -0.497 e. The smallest absolute Gasteiger partial charge is 0.359 e.